The summed E-state index contributed by atoms with van der Waals surface area (Å²) in [5.41, 5.74) is 19.7. The van der Waals surface area contributed by atoms with Gasteiger partial charge in [0.15, 0.2) is 0 Å². The number of hydrogen-bond acceptors (Lipinski definition) is 10. The highest BCUT2D eigenvalue weighted by atomic mass is 16.6. The standard InChI is InChI=1S/C30H34N8O6/c1-29(2,3)44-28(41)36-13-30(14-36)15-42-21-9-17(12-39)8-19-23(21)37(26(32)34-19)6-4-5-7-38-24-20(35-27(38)33)10-18(25(31)40)11-22(24)43-16-30/h4-5,8-12H,6-7,13-16H2,1-3H3,(H2,31,40)(H2,32,34)(H2,33,35)/b5-4+. The molecule has 1 spiro atoms. The molecule has 0 unspecified atom stereocenters. The Labute approximate surface area is 252 Å². The van der Waals surface area contributed by atoms with Crippen LogP contribution in [0.5, 0.6) is 11.5 Å². The summed E-state index contributed by atoms with van der Waals surface area (Å²) in [5.74, 6) is 0.637. The quantitative estimate of drug-likeness (QED) is 0.227. The van der Waals surface area contributed by atoms with Crippen LogP contribution in [-0.4, -0.2) is 74.2 Å². The SMILES string of the molecule is CC(C)(C)OC(=O)N1CC2(COc3cc(C=O)cc4nc(N)n(c34)C/C=C/Cn3c(N)nc4cc(C(N)=O)cc(c43)OC2)C1. The predicted octanol–water partition coefficient (Wildman–Crippen LogP) is 2.73. The summed E-state index contributed by atoms with van der Waals surface area (Å²) in [6.07, 6.45) is 4.08. The lowest BCUT2D eigenvalue weighted by atomic mass is 9.81. The van der Waals surface area contributed by atoms with Crippen molar-refractivity contribution in [1.82, 2.24) is 24.0 Å². The van der Waals surface area contributed by atoms with Gasteiger partial charge in [-0.1, -0.05) is 12.2 Å². The zero-order valence-electron chi connectivity index (χ0n) is 24.7. The van der Waals surface area contributed by atoms with Crippen molar-refractivity contribution in [3.63, 3.8) is 0 Å². The number of aldehydes is 1. The van der Waals surface area contributed by atoms with E-state index in [9.17, 15) is 14.4 Å². The van der Waals surface area contributed by atoms with E-state index >= 15 is 0 Å². The molecule has 6 N–H and O–H groups in total. The van der Waals surface area contributed by atoms with Gasteiger partial charge in [-0.2, -0.15) is 0 Å². The molecule has 1 fully saturated rings. The summed E-state index contributed by atoms with van der Waals surface area (Å²) < 4.78 is 22.0. The van der Waals surface area contributed by atoms with Crippen LogP contribution in [0.1, 0.15) is 41.5 Å². The Morgan fingerprint density at radius 3 is 1.98 bits per heavy atom. The van der Waals surface area contributed by atoms with Gasteiger partial charge in [0.1, 0.15) is 47.6 Å². The van der Waals surface area contributed by atoms with Crippen LogP contribution in [0.2, 0.25) is 0 Å². The second kappa shape index (κ2) is 10.5. The van der Waals surface area contributed by atoms with Crippen LogP contribution < -0.4 is 26.7 Å². The Kier molecular flexibility index (Phi) is 6.86. The second-order valence-corrected chi connectivity index (χ2v) is 12.3. The molecule has 2 aliphatic heterocycles. The summed E-state index contributed by atoms with van der Waals surface area (Å²) in [7, 11) is 0. The Bertz CT molecular complexity index is 1840. The third kappa shape index (κ3) is 5.23. The van der Waals surface area contributed by atoms with Crippen molar-refractivity contribution < 1.29 is 28.6 Å². The van der Waals surface area contributed by atoms with Crippen molar-refractivity contribution in [3.8, 4) is 11.5 Å². The molecule has 2 aromatic heterocycles. The number of hydrogen-bond donors (Lipinski definition) is 3. The highest BCUT2D eigenvalue weighted by Gasteiger charge is 2.48. The fourth-order valence-corrected chi connectivity index (χ4v) is 5.58. The van der Waals surface area contributed by atoms with Crippen LogP contribution in [0.25, 0.3) is 22.1 Å². The molecule has 2 amide bonds. The number of anilines is 2. The molecule has 4 heterocycles. The van der Waals surface area contributed by atoms with E-state index in [0.717, 1.165) is 6.29 Å². The number of rotatable bonds is 2. The number of benzene rings is 2. The highest BCUT2D eigenvalue weighted by molar-refractivity contribution is 5.99. The minimum atomic E-state index is -0.694. The number of nitrogens with zero attached hydrogens (tertiary/aromatic N) is 5. The first-order valence-electron chi connectivity index (χ1n) is 14.1. The summed E-state index contributed by atoms with van der Waals surface area (Å²) in [6, 6.07) is 6.44. The van der Waals surface area contributed by atoms with Gasteiger partial charge in [0.25, 0.3) is 0 Å². The van der Waals surface area contributed by atoms with Crippen LogP contribution in [0, 0.1) is 5.41 Å². The molecule has 0 saturated carbocycles. The summed E-state index contributed by atoms with van der Waals surface area (Å²) >= 11 is 0. The summed E-state index contributed by atoms with van der Waals surface area (Å²) in [5, 5.41) is 0. The molecule has 6 rings (SSSR count). The molecule has 0 radical (unpaired) electrons. The van der Waals surface area contributed by atoms with Gasteiger partial charge in [-0.3, -0.25) is 9.59 Å². The van der Waals surface area contributed by atoms with Gasteiger partial charge in [-0.15, -0.1) is 0 Å². The number of allylic oxidation sites excluding steroid dienone is 2. The number of ether oxygens (including phenoxy) is 3. The molecule has 0 bridgehead atoms. The lowest BCUT2D eigenvalue weighted by Crippen LogP contribution is -2.64. The number of primary amides is 1. The van der Waals surface area contributed by atoms with E-state index in [2.05, 4.69) is 9.97 Å². The molecule has 14 nitrogen and oxygen atoms in total. The summed E-state index contributed by atoms with van der Waals surface area (Å²) in [6.45, 7) is 6.86. The second-order valence-electron chi connectivity index (χ2n) is 12.3. The van der Waals surface area contributed by atoms with E-state index in [1.54, 1.807) is 59.1 Å². The Hall–Kier alpha value is -5.27. The van der Waals surface area contributed by atoms with Gasteiger partial charge < -0.3 is 45.4 Å². The minimum Gasteiger partial charge on any atom is -0.490 e. The van der Waals surface area contributed by atoms with Crippen molar-refractivity contribution in [3.05, 3.63) is 47.5 Å². The molecule has 0 aliphatic carbocycles. The van der Waals surface area contributed by atoms with Crippen molar-refractivity contribution in [2.75, 3.05) is 37.8 Å². The minimum absolute atomic E-state index is 0.0997. The van der Waals surface area contributed by atoms with Gasteiger partial charge >= 0.3 is 6.09 Å². The van der Waals surface area contributed by atoms with E-state index in [0.29, 0.717) is 52.2 Å². The average Bonchev–Trinajstić information content (AvgIpc) is 3.42. The van der Waals surface area contributed by atoms with E-state index in [4.69, 9.17) is 31.4 Å². The largest absolute Gasteiger partial charge is 0.490 e. The van der Waals surface area contributed by atoms with Gasteiger partial charge in [0.2, 0.25) is 17.8 Å². The Balaban J connectivity index is 1.45. The summed E-state index contributed by atoms with van der Waals surface area (Å²) in [4.78, 5) is 47.3. The lowest BCUT2D eigenvalue weighted by Gasteiger charge is -2.49. The van der Waals surface area contributed by atoms with Crippen molar-refractivity contribution in [2.24, 2.45) is 11.1 Å². The van der Waals surface area contributed by atoms with Crippen LogP contribution in [-0.2, 0) is 17.8 Å². The first-order chi connectivity index (χ1) is 20.9. The zero-order valence-corrected chi connectivity index (χ0v) is 24.7. The molecule has 1 saturated heterocycles. The Morgan fingerprint density at radius 2 is 1.45 bits per heavy atom. The van der Waals surface area contributed by atoms with Crippen molar-refractivity contribution in [2.45, 2.75) is 39.5 Å². The molecular weight excluding hydrogens is 568 g/mol. The number of carbonyl (C=O) groups excluding carboxylic acids is 3. The van der Waals surface area contributed by atoms with Gasteiger partial charge in [-0.05, 0) is 45.0 Å². The molecule has 4 aromatic rings. The first-order valence-corrected chi connectivity index (χ1v) is 14.1. The number of likely N-dealkylation sites (tertiary alicyclic amines) is 1. The van der Waals surface area contributed by atoms with E-state index < -0.39 is 23.0 Å². The predicted molar refractivity (Wildman–Crippen MR) is 163 cm³/mol. The molecule has 14 heteroatoms. The number of amides is 2. The smallest absolute Gasteiger partial charge is 0.410 e. The molecule has 2 aromatic carbocycles. The number of nitrogens with two attached hydrogens (primary N) is 3. The van der Waals surface area contributed by atoms with Crippen LogP contribution >= 0.6 is 0 Å². The van der Waals surface area contributed by atoms with Crippen LogP contribution in [0.15, 0.2) is 36.4 Å². The van der Waals surface area contributed by atoms with E-state index in [-0.39, 0.29) is 43.8 Å². The third-order valence-electron chi connectivity index (χ3n) is 7.63. The molecule has 230 valence electrons. The monoisotopic (exact) mass is 602 g/mol. The maximum atomic E-state index is 12.9. The normalized spacial score (nSPS) is 17.2. The van der Waals surface area contributed by atoms with Crippen LogP contribution in [0.4, 0.5) is 16.7 Å². The van der Waals surface area contributed by atoms with Crippen molar-refractivity contribution in [1.29, 1.82) is 0 Å². The van der Waals surface area contributed by atoms with Crippen LogP contribution in [0.3, 0.4) is 0 Å². The van der Waals surface area contributed by atoms with E-state index in [1.165, 1.54) is 0 Å². The number of imidazole rings is 2. The molecule has 2 aliphatic rings. The lowest BCUT2D eigenvalue weighted by molar-refractivity contribution is -0.0692. The Morgan fingerprint density at radius 1 is 0.909 bits per heavy atom. The number of nitrogen functional groups attached to an aromatic ring is 2. The fraction of sp³-hybridized carbons (Fsp3) is 0.367. The molecule has 0 atom stereocenters. The van der Waals surface area contributed by atoms with Crippen molar-refractivity contribution >= 4 is 52.3 Å². The maximum absolute atomic E-state index is 12.9. The van der Waals surface area contributed by atoms with E-state index in [1.807, 2.05) is 12.2 Å². The number of aromatic nitrogens is 4. The number of carbonyl (C=O) groups is 3. The highest BCUT2D eigenvalue weighted by Crippen LogP contribution is 2.38. The van der Waals surface area contributed by atoms with Gasteiger partial charge in [0.05, 0.1) is 16.4 Å². The fourth-order valence-electron chi connectivity index (χ4n) is 5.58. The van der Waals surface area contributed by atoms with Gasteiger partial charge in [0, 0.05) is 37.3 Å². The van der Waals surface area contributed by atoms with Gasteiger partial charge in [-0.25, -0.2) is 14.8 Å². The molecular formula is C30H34N8O6. The average molecular weight is 603 g/mol. The first kappa shape index (κ1) is 28.8. The topological polar surface area (TPSA) is 196 Å². The third-order valence-corrected chi connectivity index (χ3v) is 7.63. The molecule has 44 heavy (non-hydrogen) atoms. The zero-order chi connectivity index (χ0) is 31.4. The maximum Gasteiger partial charge on any atom is 0.410 e.